The van der Waals surface area contributed by atoms with Crippen molar-refractivity contribution < 1.29 is 81.0 Å². The summed E-state index contributed by atoms with van der Waals surface area (Å²) in [5, 5.41) is 12.4. The van der Waals surface area contributed by atoms with Gasteiger partial charge in [0.1, 0.15) is 5.75 Å². The largest absolute Gasteiger partial charge is 0.527 e. The van der Waals surface area contributed by atoms with Gasteiger partial charge in [-0.3, -0.25) is 14.9 Å². The number of benzene rings is 2. The molecule has 1 amide bonds. The van der Waals surface area contributed by atoms with E-state index in [4.69, 9.17) is 4.74 Å². The number of carbonyl (C=O) groups excluding carboxylic acids is 1. The molecule has 0 unspecified atom stereocenters. The van der Waals surface area contributed by atoms with E-state index in [1.54, 1.807) is 0 Å². The highest BCUT2D eigenvalue weighted by Crippen LogP contribution is 2.54. The maximum absolute atomic E-state index is 14.4. The lowest BCUT2D eigenvalue weighted by atomic mass is 10.1. The third kappa shape index (κ3) is 7.65. The summed E-state index contributed by atoms with van der Waals surface area (Å²) in [4.78, 5) is 21.8. The molecule has 0 saturated carbocycles. The normalized spacial score (nSPS) is 13.6. The van der Waals surface area contributed by atoms with E-state index >= 15 is 0 Å². The number of ether oxygens (including phenoxy) is 3. The first-order valence-corrected chi connectivity index (χ1v) is 10.1. The lowest BCUT2D eigenvalue weighted by Crippen LogP contribution is -2.61. The van der Waals surface area contributed by atoms with E-state index in [0.29, 0.717) is 6.07 Å². The molecule has 0 atom stereocenters. The summed E-state index contributed by atoms with van der Waals surface area (Å²) < 4.78 is 181. The zero-order valence-corrected chi connectivity index (χ0v) is 19.1. The maximum Gasteiger partial charge on any atom is 0.527 e. The first-order valence-electron chi connectivity index (χ1n) is 10.1. The van der Waals surface area contributed by atoms with Crippen molar-refractivity contribution in [3.05, 3.63) is 64.2 Å². The van der Waals surface area contributed by atoms with Crippen LogP contribution in [0.25, 0.3) is 0 Å². The van der Waals surface area contributed by atoms with E-state index in [0.717, 1.165) is 30.3 Å². The smallest absolute Gasteiger partial charge is 0.484 e. The van der Waals surface area contributed by atoms with Crippen molar-refractivity contribution in [1.82, 2.24) is 0 Å². The number of nitrogens with zero attached hydrogens (tertiary/aromatic N) is 1. The molecule has 2 aromatic carbocycles. The lowest BCUT2D eigenvalue weighted by Gasteiger charge is -2.35. The summed E-state index contributed by atoms with van der Waals surface area (Å²) in [5.74, 6) is -14.9. The lowest BCUT2D eigenvalue weighted by molar-refractivity contribution is -0.535. The molecule has 0 aliphatic carbocycles. The number of amides is 1. The van der Waals surface area contributed by atoms with Crippen molar-refractivity contribution in [2.24, 2.45) is 0 Å². The fourth-order valence-electron chi connectivity index (χ4n) is 2.64. The van der Waals surface area contributed by atoms with Crippen LogP contribution in [0.2, 0.25) is 0 Å². The van der Waals surface area contributed by atoms with Crippen LogP contribution in [0.5, 0.6) is 5.75 Å². The number of nitro groups is 1. The molecule has 0 saturated heterocycles. The summed E-state index contributed by atoms with van der Waals surface area (Å²) in [6.45, 7) is -0.896. The Kier molecular flexibility index (Phi) is 9.09. The minimum absolute atomic E-state index is 0.00129. The number of nitrogens with one attached hydrogen (secondary N) is 1. The second-order valence-electron chi connectivity index (χ2n) is 7.52. The van der Waals surface area contributed by atoms with Crippen molar-refractivity contribution in [2.45, 2.75) is 36.5 Å². The quantitative estimate of drug-likeness (QED) is 0.161. The zero-order chi connectivity index (χ0) is 31.7. The number of halogens is 13. The van der Waals surface area contributed by atoms with Gasteiger partial charge in [-0.15, -0.1) is 13.2 Å². The summed E-state index contributed by atoms with van der Waals surface area (Å²) in [6.07, 6.45) is -28.1. The second kappa shape index (κ2) is 11.2. The first-order chi connectivity index (χ1) is 18.4. The number of hydrogen-bond acceptors (Lipinski definition) is 6. The minimum atomic E-state index is -7.56. The molecular weight excluding hydrogens is 611 g/mol. The van der Waals surface area contributed by atoms with E-state index in [9.17, 15) is 72.0 Å². The van der Waals surface area contributed by atoms with Crippen molar-refractivity contribution in [1.29, 1.82) is 0 Å². The van der Waals surface area contributed by atoms with Crippen LogP contribution < -0.4 is 10.1 Å². The van der Waals surface area contributed by atoms with Gasteiger partial charge in [-0.2, -0.15) is 43.9 Å². The summed E-state index contributed by atoms with van der Waals surface area (Å²) in [6, 6.07) is 5.50. The van der Waals surface area contributed by atoms with Crippen LogP contribution in [0.1, 0.15) is 5.56 Å². The molecular formula is C20H11F13N2O6. The molecule has 21 heteroatoms. The summed E-state index contributed by atoms with van der Waals surface area (Å²) >= 11 is 0. The number of carbonyl (C=O) groups is 1. The zero-order valence-electron chi connectivity index (χ0n) is 19.1. The third-order valence-electron chi connectivity index (χ3n) is 4.52. The Morgan fingerprint density at radius 1 is 0.780 bits per heavy atom. The van der Waals surface area contributed by atoms with Gasteiger partial charge in [-0.05, 0) is 24.3 Å². The van der Waals surface area contributed by atoms with Gasteiger partial charge >= 0.3 is 36.5 Å². The Bertz CT molecular complexity index is 1250. The number of nitro benzene ring substituents is 1. The van der Waals surface area contributed by atoms with Gasteiger partial charge in [0.05, 0.1) is 4.92 Å². The molecule has 0 aromatic heterocycles. The molecule has 0 aliphatic rings. The molecule has 1 N–H and O–H groups in total. The Labute approximate surface area is 217 Å². The molecule has 0 bridgehead atoms. The van der Waals surface area contributed by atoms with E-state index in [2.05, 4.69) is 0 Å². The highest BCUT2D eigenvalue weighted by molar-refractivity contribution is 5.92. The molecule has 0 fully saturated rings. The Hall–Kier alpha value is -3.88. The monoisotopic (exact) mass is 622 g/mol. The van der Waals surface area contributed by atoms with Gasteiger partial charge in [-0.1, -0.05) is 12.1 Å². The van der Waals surface area contributed by atoms with Crippen LogP contribution >= 0.6 is 0 Å². The number of rotatable bonds is 12. The van der Waals surface area contributed by atoms with Crippen LogP contribution in [0, 0.1) is 10.1 Å². The molecule has 41 heavy (non-hydrogen) atoms. The maximum atomic E-state index is 14.4. The average molecular weight is 622 g/mol. The van der Waals surface area contributed by atoms with E-state index < -0.39 is 65.2 Å². The molecule has 8 nitrogen and oxygen atoms in total. The SMILES string of the molecule is O=C(COc1ccc([N+](=O)[O-])cc1)Nc1cccc(C(F)(F)C(F)(F)OC(F)(F)C(F)(F)C(F)(F)OC(F)(F)F)c1. The topological polar surface area (TPSA) is 99.9 Å². The summed E-state index contributed by atoms with van der Waals surface area (Å²) in [5.41, 5.74) is -3.11. The highest BCUT2D eigenvalue weighted by Gasteiger charge is 2.80. The van der Waals surface area contributed by atoms with E-state index in [1.807, 2.05) is 10.1 Å². The molecule has 0 spiro atoms. The summed E-state index contributed by atoms with van der Waals surface area (Å²) in [7, 11) is 0. The van der Waals surface area contributed by atoms with Crippen LogP contribution in [0.4, 0.5) is 68.5 Å². The number of hydrogen-bond donors (Lipinski definition) is 1. The fourth-order valence-corrected chi connectivity index (χ4v) is 2.64. The Morgan fingerprint density at radius 3 is 1.83 bits per heavy atom. The molecule has 0 heterocycles. The molecule has 2 aromatic rings. The average Bonchev–Trinajstić information content (AvgIpc) is 2.80. The van der Waals surface area contributed by atoms with E-state index in [1.165, 1.54) is 4.74 Å². The van der Waals surface area contributed by atoms with Crippen molar-refractivity contribution >= 4 is 17.3 Å². The van der Waals surface area contributed by atoms with Gasteiger partial charge in [0, 0.05) is 23.4 Å². The van der Waals surface area contributed by atoms with Crippen molar-refractivity contribution in [3.63, 3.8) is 0 Å². The molecule has 228 valence electrons. The molecule has 0 radical (unpaired) electrons. The predicted molar refractivity (Wildman–Crippen MR) is 106 cm³/mol. The standard InChI is InChI=1S/C20H11F13N2O6/c21-15(22,17(25,26)40-18(27,28)16(23,24)19(29,30)41-20(31,32)33)10-2-1-3-11(8-10)34-14(36)9-39-13-6-4-12(5-7-13)35(37)38/h1-8H,9H2,(H,34,36). The van der Waals surface area contributed by atoms with E-state index in [-0.39, 0.29) is 23.6 Å². The number of alkyl halides is 13. The predicted octanol–water partition coefficient (Wildman–Crippen LogP) is 6.67. The van der Waals surface area contributed by atoms with Crippen LogP contribution in [0.3, 0.4) is 0 Å². The highest BCUT2D eigenvalue weighted by atomic mass is 19.4. The number of anilines is 1. The Balaban J connectivity index is 2.19. The first kappa shape index (κ1) is 33.3. The number of non-ortho nitro benzene ring substituents is 1. The van der Waals surface area contributed by atoms with Crippen LogP contribution in [-0.2, 0) is 20.2 Å². The third-order valence-corrected chi connectivity index (χ3v) is 4.52. The molecule has 2 rings (SSSR count). The second-order valence-corrected chi connectivity index (χ2v) is 7.52. The molecule has 0 aliphatic heterocycles. The minimum Gasteiger partial charge on any atom is -0.484 e. The van der Waals surface area contributed by atoms with Gasteiger partial charge in [0.15, 0.2) is 6.61 Å². The van der Waals surface area contributed by atoms with Crippen LogP contribution in [-0.4, -0.2) is 48.0 Å². The Morgan fingerprint density at radius 2 is 1.32 bits per heavy atom. The van der Waals surface area contributed by atoms with Crippen LogP contribution in [0.15, 0.2) is 48.5 Å². The fraction of sp³-hybridized carbons (Fsp3) is 0.350. The van der Waals surface area contributed by atoms with Gasteiger partial charge in [0.2, 0.25) is 0 Å². The van der Waals surface area contributed by atoms with Gasteiger partial charge < -0.3 is 10.1 Å². The van der Waals surface area contributed by atoms with Crippen molar-refractivity contribution in [3.8, 4) is 5.75 Å². The van der Waals surface area contributed by atoms with Crippen molar-refractivity contribution in [2.75, 3.05) is 11.9 Å². The van der Waals surface area contributed by atoms with Gasteiger partial charge in [0.25, 0.3) is 11.6 Å². The van der Waals surface area contributed by atoms with Gasteiger partial charge in [-0.25, -0.2) is 9.47 Å².